The Hall–Kier alpha value is -2.46. The summed E-state index contributed by atoms with van der Waals surface area (Å²) in [6.07, 6.45) is -4.32. The van der Waals surface area contributed by atoms with Crippen LogP contribution in [0.4, 0.5) is 17.6 Å². The fourth-order valence-electron chi connectivity index (χ4n) is 3.33. The SMILES string of the molecule is O=C(O)C1(Cc2cc3ccc(F)cc3[nH]2)CSC(CSc2cccc(C(F)(F)F)c2)=N1. The molecule has 0 fully saturated rings. The van der Waals surface area contributed by atoms with Gasteiger partial charge in [0.15, 0.2) is 5.54 Å². The number of H-pyrrole nitrogens is 1. The van der Waals surface area contributed by atoms with Crippen LogP contribution < -0.4 is 0 Å². The van der Waals surface area contributed by atoms with Crippen LogP contribution >= 0.6 is 23.5 Å². The lowest BCUT2D eigenvalue weighted by Gasteiger charge is -2.19. The van der Waals surface area contributed by atoms with Crippen LogP contribution in [0.2, 0.25) is 0 Å². The van der Waals surface area contributed by atoms with E-state index < -0.39 is 29.1 Å². The van der Waals surface area contributed by atoms with Crippen LogP contribution in [0.1, 0.15) is 11.3 Å². The number of alkyl halides is 3. The third kappa shape index (κ3) is 4.74. The molecule has 1 atom stereocenters. The molecule has 1 unspecified atom stereocenters. The Morgan fingerprint density at radius 2 is 2.03 bits per heavy atom. The first-order valence-corrected chi connectivity index (χ1v) is 11.1. The Morgan fingerprint density at radius 1 is 1.23 bits per heavy atom. The quantitative estimate of drug-likeness (QED) is 0.364. The number of hydrogen-bond acceptors (Lipinski definition) is 4. The van der Waals surface area contributed by atoms with E-state index in [1.807, 2.05) is 0 Å². The summed E-state index contributed by atoms with van der Waals surface area (Å²) < 4.78 is 52.1. The van der Waals surface area contributed by atoms with Crippen LogP contribution in [0.5, 0.6) is 0 Å². The van der Waals surface area contributed by atoms with Gasteiger partial charge in [-0.1, -0.05) is 6.07 Å². The van der Waals surface area contributed by atoms with E-state index in [1.54, 1.807) is 18.2 Å². The van der Waals surface area contributed by atoms with Crippen molar-refractivity contribution in [1.29, 1.82) is 0 Å². The number of thioether (sulfide) groups is 2. The number of nitrogens with one attached hydrogen (secondary N) is 1. The lowest BCUT2D eigenvalue weighted by atomic mass is 9.96. The second-order valence-electron chi connectivity index (χ2n) is 7.15. The number of halogens is 4. The van der Waals surface area contributed by atoms with Gasteiger partial charge in [-0.15, -0.1) is 23.5 Å². The Morgan fingerprint density at radius 3 is 2.77 bits per heavy atom. The molecule has 2 heterocycles. The number of hydrogen-bond donors (Lipinski definition) is 2. The Balaban J connectivity index is 1.51. The molecule has 1 aromatic heterocycles. The summed E-state index contributed by atoms with van der Waals surface area (Å²) in [7, 11) is 0. The molecule has 2 aromatic carbocycles. The van der Waals surface area contributed by atoms with Crippen LogP contribution in [0.3, 0.4) is 0 Å². The van der Waals surface area contributed by atoms with Gasteiger partial charge in [-0.25, -0.2) is 9.18 Å². The van der Waals surface area contributed by atoms with Crippen molar-refractivity contribution in [3.05, 3.63) is 65.6 Å². The zero-order chi connectivity index (χ0) is 22.2. The number of aromatic nitrogens is 1. The zero-order valence-corrected chi connectivity index (χ0v) is 17.5. The highest BCUT2D eigenvalue weighted by molar-refractivity contribution is 8.16. The number of aromatic amines is 1. The molecule has 0 bridgehead atoms. The first kappa shape index (κ1) is 21.8. The number of aliphatic imine (C=N–C) groups is 1. The minimum atomic E-state index is -4.42. The highest BCUT2D eigenvalue weighted by Crippen LogP contribution is 2.36. The third-order valence-corrected chi connectivity index (χ3v) is 7.24. The molecule has 4 nitrogen and oxygen atoms in total. The monoisotopic (exact) mass is 468 g/mol. The molecule has 0 spiro atoms. The summed E-state index contributed by atoms with van der Waals surface area (Å²) in [6, 6.07) is 11.1. The minimum absolute atomic E-state index is 0.101. The Bertz CT molecular complexity index is 1180. The van der Waals surface area contributed by atoms with Crippen LogP contribution in [0.15, 0.2) is 58.4 Å². The fourth-order valence-corrected chi connectivity index (χ4v) is 5.52. The van der Waals surface area contributed by atoms with Gasteiger partial charge in [0.1, 0.15) is 5.82 Å². The number of fused-ring (bicyclic) bond motifs is 1. The normalized spacial score (nSPS) is 19.0. The maximum absolute atomic E-state index is 13.4. The fraction of sp³-hybridized carbons (Fsp3) is 0.238. The molecule has 1 aliphatic rings. The molecule has 0 aliphatic carbocycles. The molecule has 3 aromatic rings. The standard InChI is InChI=1S/C21H16F4N2O2S2/c22-14-5-4-12-6-15(26-17(12)8-14)9-20(19(28)29)11-31-18(27-20)10-30-16-3-1-2-13(7-16)21(23,24)25/h1-8,26H,9-11H2,(H,28,29). The zero-order valence-electron chi connectivity index (χ0n) is 15.9. The number of nitrogens with zero attached hydrogens (tertiary/aromatic N) is 1. The van der Waals surface area contributed by atoms with Crippen molar-refractivity contribution in [2.45, 2.75) is 23.0 Å². The molecule has 1 aliphatic heterocycles. The lowest BCUT2D eigenvalue weighted by molar-refractivity contribution is -0.142. The first-order valence-electron chi connectivity index (χ1n) is 9.17. The summed E-state index contributed by atoms with van der Waals surface area (Å²) in [5.74, 6) is -0.982. The Kier molecular flexibility index (Phi) is 5.78. The summed E-state index contributed by atoms with van der Waals surface area (Å²) in [5, 5.41) is 11.2. The molecule has 0 saturated heterocycles. The van der Waals surface area contributed by atoms with Crippen molar-refractivity contribution in [1.82, 2.24) is 4.98 Å². The van der Waals surface area contributed by atoms with E-state index in [9.17, 15) is 27.5 Å². The van der Waals surface area contributed by atoms with Gasteiger partial charge in [-0.2, -0.15) is 13.2 Å². The predicted molar refractivity (Wildman–Crippen MR) is 114 cm³/mol. The number of aliphatic carboxylic acids is 1. The van der Waals surface area contributed by atoms with Crippen LogP contribution in [0.25, 0.3) is 10.9 Å². The average Bonchev–Trinajstić information content (AvgIpc) is 3.30. The van der Waals surface area contributed by atoms with Gasteiger partial charge in [0.25, 0.3) is 0 Å². The summed E-state index contributed by atoms with van der Waals surface area (Å²) in [5.41, 5.74) is -0.911. The topological polar surface area (TPSA) is 65.4 Å². The molecule has 10 heteroatoms. The van der Waals surface area contributed by atoms with E-state index in [4.69, 9.17) is 0 Å². The number of benzene rings is 2. The van der Waals surface area contributed by atoms with E-state index >= 15 is 0 Å². The highest BCUT2D eigenvalue weighted by atomic mass is 32.2. The summed E-state index contributed by atoms with van der Waals surface area (Å²) in [6.45, 7) is 0. The molecular weight excluding hydrogens is 452 g/mol. The van der Waals surface area contributed by atoms with Gasteiger partial charge in [0, 0.05) is 34.0 Å². The van der Waals surface area contributed by atoms with Crippen LogP contribution in [-0.2, 0) is 17.4 Å². The minimum Gasteiger partial charge on any atom is -0.479 e. The van der Waals surface area contributed by atoms with E-state index in [2.05, 4.69) is 9.98 Å². The number of rotatable bonds is 6. The van der Waals surface area contributed by atoms with Crippen molar-refractivity contribution in [3.63, 3.8) is 0 Å². The highest BCUT2D eigenvalue weighted by Gasteiger charge is 2.43. The van der Waals surface area contributed by atoms with Crippen molar-refractivity contribution < 1.29 is 27.5 Å². The molecule has 4 rings (SSSR count). The molecule has 0 radical (unpaired) electrons. The van der Waals surface area contributed by atoms with E-state index in [1.165, 1.54) is 41.7 Å². The van der Waals surface area contributed by atoms with E-state index in [0.717, 1.165) is 17.5 Å². The largest absolute Gasteiger partial charge is 0.479 e. The van der Waals surface area contributed by atoms with E-state index in [0.29, 0.717) is 21.1 Å². The van der Waals surface area contributed by atoms with Crippen molar-refractivity contribution in [2.75, 3.05) is 11.5 Å². The smallest absolute Gasteiger partial charge is 0.416 e. The molecule has 0 amide bonds. The van der Waals surface area contributed by atoms with Gasteiger partial charge in [-0.3, -0.25) is 4.99 Å². The van der Waals surface area contributed by atoms with E-state index in [-0.39, 0.29) is 17.9 Å². The molecule has 0 saturated carbocycles. The van der Waals surface area contributed by atoms with Gasteiger partial charge in [0.2, 0.25) is 0 Å². The van der Waals surface area contributed by atoms with Crippen molar-refractivity contribution >= 4 is 45.4 Å². The molecule has 162 valence electrons. The van der Waals surface area contributed by atoms with Gasteiger partial charge in [0.05, 0.1) is 10.6 Å². The van der Waals surface area contributed by atoms with Gasteiger partial charge in [-0.05, 0) is 47.9 Å². The summed E-state index contributed by atoms with van der Waals surface area (Å²) in [4.78, 5) is 20.0. The predicted octanol–water partition coefficient (Wildman–Crippen LogP) is 5.63. The maximum atomic E-state index is 13.4. The Labute approximate surface area is 183 Å². The van der Waals surface area contributed by atoms with Gasteiger partial charge >= 0.3 is 12.1 Å². The first-order chi connectivity index (χ1) is 14.6. The molecule has 31 heavy (non-hydrogen) atoms. The van der Waals surface area contributed by atoms with Crippen LogP contribution in [0, 0.1) is 5.82 Å². The number of carbonyl (C=O) groups is 1. The average molecular weight is 468 g/mol. The number of carboxylic acid groups (broad SMARTS) is 1. The summed E-state index contributed by atoms with van der Waals surface area (Å²) >= 11 is 2.47. The second-order valence-corrected chi connectivity index (χ2v) is 9.25. The van der Waals surface area contributed by atoms with Gasteiger partial charge < -0.3 is 10.1 Å². The number of carboxylic acids is 1. The van der Waals surface area contributed by atoms with Crippen molar-refractivity contribution in [2.24, 2.45) is 4.99 Å². The third-order valence-electron chi connectivity index (χ3n) is 4.86. The second kappa shape index (κ2) is 8.23. The maximum Gasteiger partial charge on any atom is 0.416 e. The lowest BCUT2D eigenvalue weighted by Crippen LogP contribution is -2.39. The van der Waals surface area contributed by atoms with Crippen LogP contribution in [-0.4, -0.2) is 38.1 Å². The molecular formula is C21H16F4N2O2S2. The van der Waals surface area contributed by atoms with Crippen molar-refractivity contribution in [3.8, 4) is 0 Å². The molecule has 2 N–H and O–H groups in total.